The normalized spacial score (nSPS) is 14.9. The second-order valence-electron chi connectivity index (χ2n) is 9.55. The van der Waals surface area contributed by atoms with Crippen molar-refractivity contribution in [2.75, 3.05) is 31.0 Å². The minimum atomic E-state index is -0.531. The van der Waals surface area contributed by atoms with Gasteiger partial charge in [-0.2, -0.15) is 0 Å². The molecule has 0 aliphatic carbocycles. The number of aryl methyl sites for hydroxylation is 2. The molecule has 9 heteroatoms. The van der Waals surface area contributed by atoms with Crippen LogP contribution >= 0.6 is 11.6 Å². The molecule has 1 atom stereocenters. The summed E-state index contributed by atoms with van der Waals surface area (Å²) in [6.07, 6.45) is 3.97. The lowest BCUT2D eigenvalue weighted by atomic mass is 10.1. The predicted molar refractivity (Wildman–Crippen MR) is 152 cm³/mol. The Hall–Kier alpha value is -3.88. The van der Waals surface area contributed by atoms with Crippen LogP contribution in [0.2, 0.25) is 5.02 Å². The Labute approximate surface area is 232 Å². The maximum Gasteiger partial charge on any atom is 0.356 e. The fraction of sp³-hybridized carbons (Fsp3) is 0.300. The molecule has 0 radical (unpaired) electrons. The molecule has 2 aromatic carbocycles. The smallest absolute Gasteiger partial charge is 0.356 e. The van der Waals surface area contributed by atoms with Gasteiger partial charge in [0.2, 0.25) is 5.91 Å². The van der Waals surface area contributed by atoms with Crippen LogP contribution in [0.5, 0.6) is 0 Å². The number of aromatic nitrogens is 2. The van der Waals surface area contributed by atoms with Crippen LogP contribution in [0.4, 0.5) is 11.4 Å². The fourth-order valence-electron chi connectivity index (χ4n) is 4.87. The molecule has 3 heterocycles. The maximum atomic E-state index is 13.2. The Bertz CT molecular complexity index is 1460. The number of rotatable bonds is 10. The molecule has 1 aliphatic rings. The van der Waals surface area contributed by atoms with Gasteiger partial charge in [0, 0.05) is 30.1 Å². The van der Waals surface area contributed by atoms with Crippen molar-refractivity contribution in [1.29, 1.82) is 0 Å². The van der Waals surface area contributed by atoms with Gasteiger partial charge >= 0.3 is 5.97 Å². The molecule has 0 bridgehead atoms. The lowest BCUT2D eigenvalue weighted by molar-refractivity contribution is -0.119. The molecule has 5 rings (SSSR count). The van der Waals surface area contributed by atoms with Gasteiger partial charge in [0.1, 0.15) is 5.65 Å². The molecule has 39 heavy (non-hydrogen) atoms. The summed E-state index contributed by atoms with van der Waals surface area (Å²) < 4.78 is 12.4. The number of ether oxygens (including phenoxy) is 2. The highest BCUT2D eigenvalue weighted by atomic mass is 35.5. The molecule has 1 aliphatic heterocycles. The summed E-state index contributed by atoms with van der Waals surface area (Å²) >= 11 is 6.33. The number of anilines is 2. The van der Waals surface area contributed by atoms with E-state index in [1.807, 2.05) is 53.1 Å². The highest BCUT2D eigenvalue weighted by molar-refractivity contribution is 6.31. The number of nitrogens with zero attached hydrogens (tertiary/aromatic N) is 2. The van der Waals surface area contributed by atoms with Crippen LogP contribution in [0.15, 0.2) is 66.9 Å². The van der Waals surface area contributed by atoms with E-state index >= 15 is 0 Å². The summed E-state index contributed by atoms with van der Waals surface area (Å²) in [6.45, 7) is 1.92. The summed E-state index contributed by atoms with van der Waals surface area (Å²) in [5.41, 5.74) is 4.18. The number of nitrogens with one attached hydrogen (secondary N) is 2. The zero-order valence-corrected chi connectivity index (χ0v) is 22.5. The zero-order valence-electron chi connectivity index (χ0n) is 21.8. The van der Waals surface area contributed by atoms with Crippen molar-refractivity contribution in [3.63, 3.8) is 0 Å². The van der Waals surface area contributed by atoms with Crippen molar-refractivity contribution in [3.05, 3.63) is 88.7 Å². The van der Waals surface area contributed by atoms with Gasteiger partial charge in [-0.15, -0.1) is 0 Å². The molecule has 1 saturated heterocycles. The van der Waals surface area contributed by atoms with Crippen molar-refractivity contribution in [2.24, 2.45) is 5.92 Å². The molecule has 2 aromatic heterocycles. The molecule has 1 fully saturated rings. The molecule has 1 unspecified atom stereocenters. The average Bonchev–Trinajstić information content (AvgIpc) is 3.60. The van der Waals surface area contributed by atoms with Gasteiger partial charge in [-0.05, 0) is 42.5 Å². The van der Waals surface area contributed by atoms with E-state index in [0.29, 0.717) is 54.5 Å². The Kier molecular flexibility index (Phi) is 8.44. The first kappa shape index (κ1) is 26.7. The molecular weight excluding hydrogens is 516 g/mol. The Balaban J connectivity index is 1.50. The monoisotopic (exact) mass is 546 g/mol. The molecular formula is C30H31ClN4O4. The van der Waals surface area contributed by atoms with Crippen LogP contribution in [0, 0.1) is 5.92 Å². The van der Waals surface area contributed by atoms with E-state index in [1.165, 1.54) is 12.7 Å². The van der Waals surface area contributed by atoms with Crippen LogP contribution in [-0.4, -0.2) is 41.8 Å². The van der Waals surface area contributed by atoms with Crippen LogP contribution in [0.3, 0.4) is 0 Å². The summed E-state index contributed by atoms with van der Waals surface area (Å²) in [5.74, 6) is -0.992. The largest absolute Gasteiger partial charge is 0.464 e. The number of fused-ring (bicyclic) bond motifs is 1. The number of esters is 1. The second-order valence-corrected chi connectivity index (χ2v) is 9.95. The number of carbonyl (C=O) groups excluding carboxylic acids is 2. The number of hydrogen-bond donors (Lipinski definition) is 2. The third-order valence-electron chi connectivity index (χ3n) is 6.96. The number of pyridine rings is 1. The minimum absolute atomic E-state index is 0.185. The summed E-state index contributed by atoms with van der Waals surface area (Å²) in [4.78, 5) is 31.0. The van der Waals surface area contributed by atoms with Crippen molar-refractivity contribution in [3.8, 4) is 0 Å². The number of methoxy groups -OCH3 is 1. The molecule has 0 saturated carbocycles. The lowest BCUT2D eigenvalue weighted by Gasteiger charge is -2.12. The molecule has 0 spiro atoms. The maximum absolute atomic E-state index is 13.2. The van der Waals surface area contributed by atoms with Crippen molar-refractivity contribution < 1.29 is 19.1 Å². The van der Waals surface area contributed by atoms with Gasteiger partial charge in [0.25, 0.3) is 0 Å². The highest BCUT2D eigenvalue weighted by Gasteiger charge is 2.29. The second kappa shape index (κ2) is 12.3. The molecule has 1 amide bonds. The average molecular weight is 547 g/mol. The SMILES string of the molecule is COC(=O)c1c(NC(=O)C2CCOC2)c2cc(NCc3ccccc3Cl)cnc2n1CCCc1ccccc1. The summed E-state index contributed by atoms with van der Waals surface area (Å²) in [5, 5.41) is 7.71. The molecule has 8 nitrogen and oxygen atoms in total. The van der Waals surface area contributed by atoms with Crippen LogP contribution < -0.4 is 10.6 Å². The van der Waals surface area contributed by atoms with E-state index in [-0.39, 0.29) is 17.5 Å². The number of halogens is 1. The van der Waals surface area contributed by atoms with E-state index < -0.39 is 5.97 Å². The van der Waals surface area contributed by atoms with Gasteiger partial charge in [-0.3, -0.25) is 4.79 Å². The van der Waals surface area contributed by atoms with Gasteiger partial charge < -0.3 is 24.7 Å². The molecule has 4 aromatic rings. The quantitative estimate of drug-likeness (QED) is 0.248. The molecule has 2 N–H and O–H groups in total. The Morgan fingerprint density at radius 1 is 1.15 bits per heavy atom. The molecule has 202 valence electrons. The van der Waals surface area contributed by atoms with E-state index in [0.717, 1.165) is 24.1 Å². The summed E-state index contributed by atoms with van der Waals surface area (Å²) in [7, 11) is 1.34. The van der Waals surface area contributed by atoms with Gasteiger partial charge in [0.15, 0.2) is 5.69 Å². The third-order valence-corrected chi connectivity index (χ3v) is 7.33. The topological polar surface area (TPSA) is 94.5 Å². The first-order valence-electron chi connectivity index (χ1n) is 13.1. The highest BCUT2D eigenvalue weighted by Crippen LogP contribution is 2.34. The van der Waals surface area contributed by atoms with Crippen molar-refractivity contribution in [1.82, 2.24) is 9.55 Å². The summed E-state index contributed by atoms with van der Waals surface area (Å²) in [6, 6.07) is 19.7. The van der Waals surface area contributed by atoms with Crippen LogP contribution in [-0.2, 0) is 33.8 Å². The number of carbonyl (C=O) groups is 2. The lowest BCUT2D eigenvalue weighted by Crippen LogP contribution is -2.24. The third kappa shape index (κ3) is 6.08. The van der Waals surface area contributed by atoms with Crippen LogP contribution in [0.1, 0.15) is 34.5 Å². The van der Waals surface area contributed by atoms with E-state index in [4.69, 9.17) is 26.1 Å². The first-order chi connectivity index (χ1) is 19.0. The fourth-order valence-corrected chi connectivity index (χ4v) is 5.07. The van der Waals surface area contributed by atoms with Gasteiger partial charge in [-0.25, -0.2) is 9.78 Å². The van der Waals surface area contributed by atoms with E-state index in [1.54, 1.807) is 6.20 Å². The predicted octanol–water partition coefficient (Wildman–Crippen LogP) is 5.70. The standard InChI is InChI=1S/C30H31ClN4O4/c1-38-30(37)27-26(34-29(36)22-13-15-39-19-22)24-16-23(32-17-21-11-5-6-12-25(21)31)18-33-28(24)35(27)14-7-10-20-8-3-2-4-9-20/h2-6,8-9,11-12,16,18,22,32H,7,10,13-15,17,19H2,1H3,(H,34,36). The van der Waals surface area contributed by atoms with Gasteiger partial charge in [0.05, 0.1) is 37.2 Å². The zero-order chi connectivity index (χ0) is 27.2. The van der Waals surface area contributed by atoms with Gasteiger partial charge in [-0.1, -0.05) is 60.1 Å². The van der Waals surface area contributed by atoms with E-state index in [2.05, 4.69) is 22.8 Å². The number of hydrogen-bond acceptors (Lipinski definition) is 6. The van der Waals surface area contributed by atoms with Crippen molar-refractivity contribution >= 4 is 45.9 Å². The first-order valence-corrected chi connectivity index (χ1v) is 13.4. The Morgan fingerprint density at radius 3 is 2.69 bits per heavy atom. The number of amides is 1. The Morgan fingerprint density at radius 2 is 1.95 bits per heavy atom. The number of benzene rings is 2. The van der Waals surface area contributed by atoms with Crippen LogP contribution in [0.25, 0.3) is 11.0 Å². The van der Waals surface area contributed by atoms with E-state index in [9.17, 15) is 9.59 Å². The van der Waals surface area contributed by atoms with Crippen molar-refractivity contribution in [2.45, 2.75) is 32.4 Å². The minimum Gasteiger partial charge on any atom is -0.464 e.